The molecule has 0 saturated carbocycles. The Balaban J connectivity index is 1.25. The Labute approximate surface area is 246 Å². The highest BCUT2D eigenvalue weighted by molar-refractivity contribution is 7.92. The molecule has 2 aliphatic heterocycles. The summed E-state index contributed by atoms with van der Waals surface area (Å²) in [6.07, 6.45) is 4.61. The molecule has 0 amide bonds. The fourth-order valence-electron chi connectivity index (χ4n) is 5.30. The summed E-state index contributed by atoms with van der Waals surface area (Å²) in [6.45, 7) is 6.06. The van der Waals surface area contributed by atoms with E-state index in [1.54, 1.807) is 30.3 Å². The van der Waals surface area contributed by atoms with E-state index in [9.17, 15) is 8.42 Å². The molecule has 0 radical (unpaired) electrons. The number of hydrogen-bond acceptors (Lipinski definition) is 9. The highest BCUT2D eigenvalue weighted by Crippen LogP contribution is 2.32. The molecule has 3 aromatic rings. The zero-order valence-electron chi connectivity index (χ0n) is 23.5. The average molecular weight is 603 g/mol. The van der Waals surface area contributed by atoms with E-state index < -0.39 is 10.0 Å². The second kappa shape index (κ2) is 12.4. The van der Waals surface area contributed by atoms with Gasteiger partial charge < -0.3 is 20.4 Å². The largest absolute Gasteiger partial charge is 0.369 e. The van der Waals surface area contributed by atoms with Gasteiger partial charge in [-0.2, -0.15) is 4.98 Å². The minimum atomic E-state index is -3.48. The first-order chi connectivity index (χ1) is 19.6. The fourth-order valence-corrected chi connectivity index (χ4v) is 5.96. The SMILES string of the molecule is CN1CCN(C2CCN(c3ccc(Nc4ncc(Cl)c(Nc5ccccc5N(C)S(C)(=O)=O)n4)cc3F)CC2)CC1. The van der Waals surface area contributed by atoms with E-state index in [0.29, 0.717) is 28.8 Å². The van der Waals surface area contributed by atoms with Crippen LogP contribution in [-0.2, 0) is 10.0 Å². The first-order valence-electron chi connectivity index (χ1n) is 13.6. The van der Waals surface area contributed by atoms with E-state index in [1.165, 1.54) is 23.6 Å². The summed E-state index contributed by atoms with van der Waals surface area (Å²) in [6, 6.07) is 12.5. The number of aromatic nitrogens is 2. The molecule has 13 heteroatoms. The molecule has 2 N–H and O–H groups in total. The molecule has 0 atom stereocenters. The number of nitrogens with one attached hydrogen (secondary N) is 2. The molecule has 41 heavy (non-hydrogen) atoms. The van der Waals surface area contributed by atoms with Crippen molar-refractivity contribution in [3.63, 3.8) is 0 Å². The van der Waals surface area contributed by atoms with Crippen LogP contribution in [0.15, 0.2) is 48.7 Å². The molecule has 1 aromatic heterocycles. The molecule has 5 rings (SSSR count). The summed E-state index contributed by atoms with van der Waals surface area (Å²) in [4.78, 5) is 15.8. The number of nitrogens with zero attached hydrogens (tertiary/aromatic N) is 6. The van der Waals surface area contributed by atoms with E-state index in [1.807, 2.05) is 6.07 Å². The van der Waals surface area contributed by atoms with Crippen LogP contribution in [0.5, 0.6) is 0 Å². The molecular weight excluding hydrogens is 567 g/mol. The van der Waals surface area contributed by atoms with Crippen molar-refractivity contribution in [2.24, 2.45) is 0 Å². The second-order valence-corrected chi connectivity index (χ2v) is 13.0. The zero-order valence-corrected chi connectivity index (χ0v) is 25.1. The van der Waals surface area contributed by atoms with Crippen molar-refractivity contribution in [1.29, 1.82) is 0 Å². The smallest absolute Gasteiger partial charge is 0.232 e. The van der Waals surface area contributed by atoms with Gasteiger partial charge in [0.1, 0.15) is 10.8 Å². The number of rotatable bonds is 8. The van der Waals surface area contributed by atoms with Gasteiger partial charge in [0.2, 0.25) is 16.0 Å². The van der Waals surface area contributed by atoms with E-state index in [-0.39, 0.29) is 22.6 Å². The third-order valence-corrected chi connectivity index (χ3v) is 9.27. The maximum Gasteiger partial charge on any atom is 0.232 e. The van der Waals surface area contributed by atoms with Gasteiger partial charge in [-0.15, -0.1) is 0 Å². The second-order valence-electron chi connectivity index (χ2n) is 10.6. The number of benzene rings is 2. The number of piperidine rings is 1. The first-order valence-corrected chi connectivity index (χ1v) is 15.9. The van der Waals surface area contributed by atoms with Crippen LogP contribution in [-0.4, -0.2) is 93.8 Å². The standard InChI is InChI=1S/C28H36ClFN8O2S/c1-35-14-16-37(17-15-35)21-10-12-38(13-11-21)25-9-8-20(18-23(25)30)32-28-31-19-22(29)27(34-28)33-24-6-4-5-7-26(24)36(2)41(3,39)40/h4-9,18-19,21H,10-17H2,1-3H3,(H2,31,32,33,34). The Morgan fingerprint density at radius 3 is 2.41 bits per heavy atom. The zero-order chi connectivity index (χ0) is 29.1. The molecule has 3 heterocycles. The van der Waals surface area contributed by atoms with Crippen LogP contribution < -0.4 is 19.8 Å². The average Bonchev–Trinajstić information content (AvgIpc) is 2.95. The van der Waals surface area contributed by atoms with Crippen molar-refractivity contribution in [3.05, 3.63) is 59.5 Å². The molecule has 2 aliphatic rings. The number of hydrogen-bond donors (Lipinski definition) is 2. The molecule has 220 valence electrons. The van der Waals surface area contributed by atoms with Crippen molar-refractivity contribution >= 4 is 56.1 Å². The normalized spacial score (nSPS) is 17.4. The van der Waals surface area contributed by atoms with Gasteiger partial charge in [-0.1, -0.05) is 23.7 Å². The molecule has 2 aromatic carbocycles. The maximum absolute atomic E-state index is 15.3. The van der Waals surface area contributed by atoms with Gasteiger partial charge in [0.05, 0.1) is 29.5 Å². The Hall–Kier alpha value is -3.19. The van der Waals surface area contributed by atoms with E-state index in [0.717, 1.165) is 58.4 Å². The Bertz CT molecular complexity index is 1480. The lowest BCUT2D eigenvalue weighted by Gasteiger charge is -2.42. The summed E-state index contributed by atoms with van der Waals surface area (Å²) in [5, 5.41) is 6.39. The monoisotopic (exact) mass is 602 g/mol. The van der Waals surface area contributed by atoms with Crippen molar-refractivity contribution in [2.45, 2.75) is 18.9 Å². The van der Waals surface area contributed by atoms with Crippen LogP contribution in [0.25, 0.3) is 0 Å². The summed E-state index contributed by atoms with van der Waals surface area (Å²) in [5.74, 6) is 0.183. The third kappa shape index (κ3) is 7.00. The Morgan fingerprint density at radius 1 is 1.02 bits per heavy atom. The van der Waals surface area contributed by atoms with Crippen molar-refractivity contribution < 1.29 is 12.8 Å². The summed E-state index contributed by atoms with van der Waals surface area (Å²) in [5.41, 5.74) is 2.03. The lowest BCUT2D eigenvalue weighted by atomic mass is 10.0. The predicted molar refractivity (Wildman–Crippen MR) is 164 cm³/mol. The number of likely N-dealkylation sites (N-methyl/N-ethyl adjacent to an activating group) is 1. The maximum atomic E-state index is 15.3. The van der Waals surface area contributed by atoms with Gasteiger partial charge in [0, 0.05) is 58.0 Å². The molecule has 2 saturated heterocycles. The van der Waals surface area contributed by atoms with Crippen LogP contribution in [0.1, 0.15) is 12.8 Å². The van der Waals surface area contributed by atoms with Crippen LogP contribution in [0.3, 0.4) is 0 Å². The lowest BCUT2D eigenvalue weighted by molar-refractivity contribution is 0.0981. The van der Waals surface area contributed by atoms with E-state index >= 15 is 4.39 Å². The number of anilines is 6. The Morgan fingerprint density at radius 2 is 1.73 bits per heavy atom. The summed E-state index contributed by atoms with van der Waals surface area (Å²) < 4.78 is 40.6. The minimum absolute atomic E-state index is 0.214. The lowest BCUT2D eigenvalue weighted by Crippen LogP contribution is -2.52. The number of para-hydroxylation sites is 2. The van der Waals surface area contributed by atoms with E-state index in [2.05, 4.69) is 42.3 Å². The highest BCUT2D eigenvalue weighted by Gasteiger charge is 2.27. The molecule has 0 bridgehead atoms. The van der Waals surface area contributed by atoms with Crippen LogP contribution in [0.2, 0.25) is 5.02 Å². The summed E-state index contributed by atoms with van der Waals surface area (Å²) in [7, 11) is 0.153. The van der Waals surface area contributed by atoms with Gasteiger partial charge >= 0.3 is 0 Å². The highest BCUT2D eigenvalue weighted by atomic mass is 35.5. The topological polar surface area (TPSA) is 96.9 Å². The number of piperazine rings is 1. The quantitative estimate of drug-likeness (QED) is 0.390. The predicted octanol–water partition coefficient (Wildman–Crippen LogP) is 4.37. The molecule has 0 spiro atoms. The molecular formula is C28H36ClFN8O2S. The van der Waals surface area contributed by atoms with Crippen LogP contribution in [0, 0.1) is 5.82 Å². The van der Waals surface area contributed by atoms with Crippen molar-refractivity contribution in [1.82, 2.24) is 19.8 Å². The van der Waals surface area contributed by atoms with Gasteiger partial charge in [-0.05, 0) is 50.2 Å². The Kier molecular flexibility index (Phi) is 8.83. The van der Waals surface area contributed by atoms with Crippen molar-refractivity contribution in [2.75, 3.05) is 79.5 Å². The fraction of sp³-hybridized carbons (Fsp3) is 0.429. The summed E-state index contributed by atoms with van der Waals surface area (Å²) >= 11 is 6.35. The molecule has 10 nitrogen and oxygen atoms in total. The molecule has 0 unspecified atom stereocenters. The third-order valence-electron chi connectivity index (χ3n) is 7.80. The van der Waals surface area contributed by atoms with Crippen LogP contribution in [0.4, 0.5) is 38.9 Å². The van der Waals surface area contributed by atoms with Gasteiger partial charge in [-0.25, -0.2) is 17.8 Å². The molecule has 2 fully saturated rings. The molecule has 0 aliphatic carbocycles. The number of sulfonamides is 1. The van der Waals surface area contributed by atoms with Gasteiger partial charge in [0.25, 0.3) is 0 Å². The van der Waals surface area contributed by atoms with Gasteiger partial charge in [-0.3, -0.25) is 9.21 Å². The van der Waals surface area contributed by atoms with Gasteiger partial charge in [0.15, 0.2) is 5.82 Å². The number of halogens is 2. The van der Waals surface area contributed by atoms with Crippen molar-refractivity contribution in [3.8, 4) is 0 Å². The first kappa shape index (κ1) is 29.3. The minimum Gasteiger partial charge on any atom is -0.369 e. The van der Waals surface area contributed by atoms with Crippen LogP contribution >= 0.6 is 11.6 Å². The van der Waals surface area contributed by atoms with E-state index in [4.69, 9.17) is 11.6 Å².